The molecule has 0 amide bonds. The van der Waals surface area contributed by atoms with Gasteiger partial charge in [0.15, 0.2) is 5.78 Å². The monoisotopic (exact) mass is 218 g/mol. The van der Waals surface area contributed by atoms with Gasteiger partial charge in [0.05, 0.1) is 11.8 Å². The van der Waals surface area contributed by atoms with Crippen molar-refractivity contribution in [2.45, 2.75) is 0 Å². The number of carbonyl (C=O) groups excluding carboxylic acids is 1. The zero-order valence-corrected chi connectivity index (χ0v) is 9.07. The van der Waals surface area contributed by atoms with Gasteiger partial charge in [-0.3, -0.25) is 9.48 Å². The normalized spacial score (nSPS) is 11.0. The molecule has 0 aliphatic heterocycles. The topological polar surface area (TPSA) is 34.9 Å². The number of hydrogen-bond acceptors (Lipinski definition) is 3. The Labute approximate surface area is 91.7 Å². The molecule has 3 nitrogen and oxygen atoms in total. The molecule has 2 rings (SSSR count). The van der Waals surface area contributed by atoms with E-state index >= 15 is 0 Å². The van der Waals surface area contributed by atoms with Crippen molar-refractivity contribution in [2.75, 3.05) is 0 Å². The molecule has 0 fully saturated rings. The number of hydrogen-bond donors (Lipinski definition) is 0. The van der Waals surface area contributed by atoms with Gasteiger partial charge in [0.25, 0.3) is 0 Å². The lowest BCUT2D eigenvalue weighted by atomic mass is 10.2. The number of rotatable bonds is 3. The first kappa shape index (κ1) is 9.86. The molecular weight excluding hydrogens is 208 g/mol. The van der Waals surface area contributed by atoms with Crippen LogP contribution in [-0.4, -0.2) is 15.6 Å². The lowest BCUT2D eigenvalue weighted by Gasteiger charge is -1.87. The fraction of sp³-hybridized carbons (Fsp3) is 0.0909. The highest BCUT2D eigenvalue weighted by atomic mass is 32.1. The van der Waals surface area contributed by atoms with E-state index in [9.17, 15) is 4.79 Å². The van der Waals surface area contributed by atoms with Crippen LogP contribution in [0.1, 0.15) is 15.2 Å². The van der Waals surface area contributed by atoms with Crippen LogP contribution < -0.4 is 0 Å². The van der Waals surface area contributed by atoms with Gasteiger partial charge in [0.1, 0.15) is 0 Å². The lowest BCUT2D eigenvalue weighted by Crippen LogP contribution is -1.91. The number of nitrogens with zero attached hydrogens (tertiary/aromatic N) is 2. The summed E-state index contributed by atoms with van der Waals surface area (Å²) < 4.78 is 1.62. The first-order valence-corrected chi connectivity index (χ1v) is 5.38. The summed E-state index contributed by atoms with van der Waals surface area (Å²) in [6.07, 6.45) is 6.67. The van der Waals surface area contributed by atoms with E-state index in [2.05, 4.69) is 5.10 Å². The molecule has 0 aliphatic rings. The second-order valence-electron chi connectivity index (χ2n) is 3.12. The van der Waals surface area contributed by atoms with Crippen LogP contribution in [0.15, 0.2) is 36.0 Å². The maximum atomic E-state index is 11.6. The van der Waals surface area contributed by atoms with Crippen LogP contribution >= 0.6 is 11.3 Å². The molecule has 0 bridgehead atoms. The summed E-state index contributed by atoms with van der Waals surface area (Å²) in [6.45, 7) is 0. The van der Waals surface area contributed by atoms with Crippen LogP contribution in [0.2, 0.25) is 0 Å². The maximum absolute atomic E-state index is 11.6. The fourth-order valence-corrected chi connectivity index (χ4v) is 1.81. The Hall–Kier alpha value is -1.68. The van der Waals surface area contributed by atoms with Crippen LogP contribution in [0, 0.1) is 0 Å². The minimum absolute atomic E-state index is 0.0171. The molecule has 0 aromatic carbocycles. The van der Waals surface area contributed by atoms with Gasteiger partial charge < -0.3 is 0 Å². The summed E-state index contributed by atoms with van der Waals surface area (Å²) in [4.78, 5) is 12.7. The molecule has 15 heavy (non-hydrogen) atoms. The first-order chi connectivity index (χ1) is 7.25. The van der Waals surface area contributed by atoms with E-state index in [1.54, 1.807) is 41.5 Å². The third-order valence-corrected chi connectivity index (χ3v) is 2.77. The zero-order valence-electron chi connectivity index (χ0n) is 8.25. The van der Waals surface area contributed by atoms with Crippen molar-refractivity contribution in [2.24, 2.45) is 7.05 Å². The molecular formula is C11H10N2OS. The molecule has 0 unspecified atom stereocenters. The predicted octanol–water partition coefficient (Wildman–Crippen LogP) is 2.38. The molecule has 4 heteroatoms. The van der Waals surface area contributed by atoms with Crippen molar-refractivity contribution in [3.05, 3.63) is 46.4 Å². The molecule has 2 aromatic heterocycles. The summed E-state index contributed by atoms with van der Waals surface area (Å²) in [5, 5.41) is 5.93. The highest BCUT2D eigenvalue weighted by Crippen LogP contribution is 2.11. The zero-order chi connectivity index (χ0) is 10.7. The van der Waals surface area contributed by atoms with Crippen molar-refractivity contribution in [3.63, 3.8) is 0 Å². The van der Waals surface area contributed by atoms with Gasteiger partial charge in [-0.25, -0.2) is 0 Å². The van der Waals surface area contributed by atoms with Gasteiger partial charge >= 0.3 is 0 Å². The summed E-state index contributed by atoms with van der Waals surface area (Å²) >= 11 is 1.61. The molecule has 0 aliphatic carbocycles. The van der Waals surface area contributed by atoms with Gasteiger partial charge in [0.2, 0.25) is 0 Å². The largest absolute Gasteiger partial charge is 0.289 e. The van der Waals surface area contributed by atoms with Crippen LogP contribution in [0.5, 0.6) is 0 Å². The van der Waals surface area contributed by atoms with Crippen molar-refractivity contribution in [1.82, 2.24) is 9.78 Å². The number of thiophene rings is 1. The van der Waals surface area contributed by atoms with E-state index < -0.39 is 0 Å². The molecule has 0 saturated heterocycles. The van der Waals surface area contributed by atoms with Crippen LogP contribution in [0.25, 0.3) is 6.08 Å². The third-order valence-electron chi connectivity index (χ3n) is 1.93. The Morgan fingerprint density at radius 3 is 3.07 bits per heavy atom. The van der Waals surface area contributed by atoms with Gasteiger partial charge in [-0.05, 0) is 23.6 Å². The Morgan fingerprint density at radius 2 is 2.47 bits per heavy atom. The van der Waals surface area contributed by atoms with Gasteiger partial charge in [-0.1, -0.05) is 6.07 Å². The number of aryl methyl sites for hydroxylation is 1. The first-order valence-electron chi connectivity index (χ1n) is 4.50. The van der Waals surface area contributed by atoms with Crippen molar-refractivity contribution in [1.29, 1.82) is 0 Å². The predicted molar refractivity (Wildman–Crippen MR) is 60.9 cm³/mol. The van der Waals surface area contributed by atoms with Gasteiger partial charge in [0, 0.05) is 18.1 Å². The second kappa shape index (κ2) is 4.23. The number of aromatic nitrogens is 2. The number of allylic oxidation sites excluding steroid dienone is 1. The third kappa shape index (κ3) is 2.41. The molecule has 2 aromatic rings. The SMILES string of the molecule is Cn1cc(C(=O)/C=C/c2cccs2)cn1. The maximum Gasteiger partial charge on any atom is 0.189 e. The fourth-order valence-electron chi connectivity index (χ4n) is 1.19. The van der Waals surface area contributed by atoms with Crippen molar-refractivity contribution in [3.8, 4) is 0 Å². The van der Waals surface area contributed by atoms with Gasteiger partial charge in [-0.2, -0.15) is 5.10 Å². The molecule has 76 valence electrons. The highest BCUT2D eigenvalue weighted by molar-refractivity contribution is 7.10. The van der Waals surface area contributed by atoms with E-state index in [0.717, 1.165) is 4.88 Å². The van der Waals surface area contributed by atoms with Crippen LogP contribution in [0.4, 0.5) is 0 Å². The van der Waals surface area contributed by atoms with Crippen molar-refractivity contribution >= 4 is 23.2 Å². The summed E-state index contributed by atoms with van der Waals surface area (Å²) in [7, 11) is 1.79. The van der Waals surface area contributed by atoms with E-state index in [4.69, 9.17) is 0 Å². The molecule has 2 heterocycles. The van der Waals surface area contributed by atoms with E-state index in [1.165, 1.54) is 0 Å². The smallest absolute Gasteiger partial charge is 0.189 e. The standard InChI is InChI=1S/C11H10N2OS/c1-13-8-9(7-12-13)11(14)5-4-10-3-2-6-15-10/h2-8H,1H3/b5-4+. The molecule has 0 spiro atoms. The Balaban J connectivity index is 2.10. The Kier molecular flexibility index (Phi) is 2.78. The quantitative estimate of drug-likeness (QED) is 0.585. The molecule has 0 N–H and O–H groups in total. The lowest BCUT2D eigenvalue weighted by molar-refractivity contribution is 0.104. The minimum atomic E-state index is -0.0171. The average molecular weight is 218 g/mol. The van der Waals surface area contributed by atoms with Crippen molar-refractivity contribution < 1.29 is 4.79 Å². The summed E-state index contributed by atoms with van der Waals surface area (Å²) in [5.74, 6) is -0.0171. The van der Waals surface area contributed by atoms with E-state index in [1.807, 2.05) is 23.6 Å². The summed E-state index contributed by atoms with van der Waals surface area (Å²) in [6, 6.07) is 3.93. The van der Waals surface area contributed by atoms with Crippen LogP contribution in [-0.2, 0) is 7.05 Å². The van der Waals surface area contributed by atoms with Crippen LogP contribution in [0.3, 0.4) is 0 Å². The molecule has 0 atom stereocenters. The summed E-state index contributed by atoms with van der Waals surface area (Å²) in [5.41, 5.74) is 0.616. The highest BCUT2D eigenvalue weighted by Gasteiger charge is 2.03. The van der Waals surface area contributed by atoms with E-state index in [-0.39, 0.29) is 5.78 Å². The molecule has 0 saturated carbocycles. The average Bonchev–Trinajstić information content (AvgIpc) is 2.84. The Morgan fingerprint density at radius 1 is 1.60 bits per heavy atom. The number of carbonyl (C=O) groups is 1. The number of ketones is 1. The van der Waals surface area contributed by atoms with Gasteiger partial charge in [-0.15, -0.1) is 11.3 Å². The molecule has 0 radical (unpaired) electrons. The minimum Gasteiger partial charge on any atom is -0.289 e. The van der Waals surface area contributed by atoms with E-state index in [0.29, 0.717) is 5.56 Å². The Bertz CT molecular complexity index is 482. The second-order valence-corrected chi connectivity index (χ2v) is 4.09.